The van der Waals surface area contributed by atoms with Gasteiger partial charge in [-0.05, 0) is 24.1 Å². The third kappa shape index (κ3) is 3.47. The van der Waals surface area contributed by atoms with Crippen LogP contribution in [0.3, 0.4) is 0 Å². The van der Waals surface area contributed by atoms with E-state index in [1.54, 1.807) is 12.3 Å². The summed E-state index contributed by atoms with van der Waals surface area (Å²) in [6.45, 7) is 2.55. The molecule has 2 aromatic rings. The molecule has 0 aliphatic rings. The molecule has 0 amide bonds. The summed E-state index contributed by atoms with van der Waals surface area (Å²) < 4.78 is 4.74. The highest BCUT2D eigenvalue weighted by Gasteiger charge is 2.14. The van der Waals surface area contributed by atoms with E-state index in [1.165, 1.54) is 13.3 Å². The predicted molar refractivity (Wildman–Crippen MR) is 80.9 cm³/mol. The highest BCUT2D eigenvalue weighted by molar-refractivity contribution is 5.95. The topological polar surface area (TPSA) is 90.1 Å². The van der Waals surface area contributed by atoms with Crippen LogP contribution in [0.5, 0.6) is 0 Å². The monoisotopic (exact) mass is 286 g/mol. The van der Waals surface area contributed by atoms with Crippen molar-refractivity contribution in [3.63, 3.8) is 0 Å². The molecule has 0 aromatic carbocycles. The van der Waals surface area contributed by atoms with Crippen LogP contribution < -0.4 is 11.1 Å². The molecule has 0 saturated heterocycles. The summed E-state index contributed by atoms with van der Waals surface area (Å²) in [6, 6.07) is 5.48. The van der Waals surface area contributed by atoms with Gasteiger partial charge in [-0.15, -0.1) is 0 Å². The van der Waals surface area contributed by atoms with E-state index in [2.05, 4.69) is 22.2 Å². The number of nitrogen functional groups attached to an aromatic ring is 1. The number of nitrogens with zero attached hydrogens (tertiary/aromatic N) is 2. The minimum atomic E-state index is -0.478. The minimum absolute atomic E-state index is 0.312. The Labute approximate surface area is 123 Å². The number of methoxy groups -OCH3 is 1. The van der Waals surface area contributed by atoms with Crippen molar-refractivity contribution in [2.24, 2.45) is 0 Å². The number of ether oxygens (including phenoxy) is 1. The van der Waals surface area contributed by atoms with Crippen LogP contribution >= 0.6 is 0 Å². The van der Waals surface area contributed by atoms with E-state index in [0.29, 0.717) is 23.6 Å². The van der Waals surface area contributed by atoms with Crippen LogP contribution in [0.4, 0.5) is 11.5 Å². The summed E-state index contributed by atoms with van der Waals surface area (Å²) in [6.07, 6.45) is 4.13. The Hall–Kier alpha value is -2.63. The molecule has 6 nitrogen and oxygen atoms in total. The fraction of sp³-hybridized carbons (Fsp3) is 0.267. The van der Waals surface area contributed by atoms with Gasteiger partial charge >= 0.3 is 5.97 Å². The van der Waals surface area contributed by atoms with Crippen molar-refractivity contribution in [1.29, 1.82) is 0 Å². The van der Waals surface area contributed by atoms with Crippen molar-refractivity contribution in [2.75, 3.05) is 18.2 Å². The van der Waals surface area contributed by atoms with E-state index in [1.807, 2.05) is 12.1 Å². The van der Waals surface area contributed by atoms with E-state index in [-0.39, 0.29) is 0 Å². The summed E-state index contributed by atoms with van der Waals surface area (Å²) >= 11 is 0. The molecule has 2 aromatic heterocycles. The first-order valence-electron chi connectivity index (χ1n) is 6.66. The van der Waals surface area contributed by atoms with Gasteiger partial charge in [0.15, 0.2) is 0 Å². The number of aromatic nitrogens is 2. The Morgan fingerprint density at radius 1 is 1.43 bits per heavy atom. The summed E-state index contributed by atoms with van der Waals surface area (Å²) in [4.78, 5) is 20.2. The molecule has 0 unspecified atom stereocenters. The number of hydrogen-bond acceptors (Lipinski definition) is 6. The van der Waals surface area contributed by atoms with Crippen molar-refractivity contribution in [3.05, 3.63) is 47.4 Å². The lowest BCUT2D eigenvalue weighted by Gasteiger charge is -2.11. The number of nitrogens with two attached hydrogens (primary N) is 1. The molecule has 0 atom stereocenters. The molecular weight excluding hydrogens is 268 g/mol. The zero-order chi connectivity index (χ0) is 15.2. The molecule has 0 saturated carbocycles. The summed E-state index contributed by atoms with van der Waals surface area (Å²) in [5, 5.41) is 3.12. The van der Waals surface area contributed by atoms with Gasteiger partial charge in [0.1, 0.15) is 11.4 Å². The fourth-order valence-corrected chi connectivity index (χ4v) is 2.01. The van der Waals surface area contributed by atoms with Crippen LogP contribution in [0, 0.1) is 0 Å². The third-order valence-electron chi connectivity index (χ3n) is 3.10. The van der Waals surface area contributed by atoms with Crippen molar-refractivity contribution in [1.82, 2.24) is 9.97 Å². The predicted octanol–water partition coefficient (Wildman–Crippen LogP) is 2.02. The molecule has 2 heterocycles. The standard InChI is InChI=1S/C15H18N4O2/c1-3-10-5-4-6-17-13(10)9-19-14-12(15(20)21-2)7-11(16)8-18-14/h4-8H,3,9,16H2,1-2H3,(H,18,19). The molecule has 0 spiro atoms. The first-order chi connectivity index (χ1) is 10.2. The van der Waals surface area contributed by atoms with Crippen molar-refractivity contribution in [3.8, 4) is 0 Å². The number of carbonyl (C=O) groups excluding carboxylic acids is 1. The lowest BCUT2D eigenvalue weighted by atomic mass is 10.1. The smallest absolute Gasteiger partial charge is 0.341 e. The van der Waals surface area contributed by atoms with Crippen molar-refractivity contribution < 1.29 is 9.53 Å². The average Bonchev–Trinajstić information content (AvgIpc) is 2.53. The van der Waals surface area contributed by atoms with Gasteiger partial charge in [-0.25, -0.2) is 9.78 Å². The summed E-state index contributed by atoms with van der Waals surface area (Å²) in [7, 11) is 1.32. The molecule has 2 rings (SSSR count). The molecule has 21 heavy (non-hydrogen) atoms. The van der Waals surface area contributed by atoms with Crippen LogP contribution in [0.1, 0.15) is 28.5 Å². The molecule has 0 aliphatic carbocycles. The maximum atomic E-state index is 11.7. The second kappa shape index (κ2) is 6.69. The molecular formula is C15H18N4O2. The zero-order valence-corrected chi connectivity index (χ0v) is 12.1. The highest BCUT2D eigenvalue weighted by Crippen LogP contribution is 2.18. The lowest BCUT2D eigenvalue weighted by Crippen LogP contribution is -2.12. The van der Waals surface area contributed by atoms with E-state index < -0.39 is 5.97 Å². The molecule has 110 valence electrons. The molecule has 0 radical (unpaired) electrons. The number of aryl methyl sites for hydroxylation is 1. The number of anilines is 2. The average molecular weight is 286 g/mol. The molecule has 0 aliphatic heterocycles. The van der Waals surface area contributed by atoms with Crippen LogP contribution in [0.25, 0.3) is 0 Å². The van der Waals surface area contributed by atoms with Gasteiger partial charge in [-0.2, -0.15) is 0 Å². The van der Waals surface area contributed by atoms with Gasteiger partial charge < -0.3 is 15.8 Å². The Kier molecular flexibility index (Phi) is 4.71. The number of esters is 1. The van der Waals surface area contributed by atoms with Gasteiger partial charge in [0.2, 0.25) is 0 Å². The Morgan fingerprint density at radius 2 is 2.24 bits per heavy atom. The van der Waals surface area contributed by atoms with E-state index >= 15 is 0 Å². The van der Waals surface area contributed by atoms with Crippen molar-refractivity contribution in [2.45, 2.75) is 19.9 Å². The normalized spacial score (nSPS) is 10.2. The molecule has 0 fully saturated rings. The van der Waals surface area contributed by atoms with Gasteiger partial charge in [-0.1, -0.05) is 13.0 Å². The number of nitrogens with one attached hydrogen (secondary N) is 1. The van der Waals surface area contributed by atoms with Crippen LogP contribution in [-0.4, -0.2) is 23.0 Å². The molecule has 6 heteroatoms. The first kappa shape index (κ1) is 14.8. The van der Waals surface area contributed by atoms with Gasteiger partial charge in [0.05, 0.1) is 31.2 Å². The number of carbonyl (C=O) groups is 1. The highest BCUT2D eigenvalue weighted by atomic mass is 16.5. The van der Waals surface area contributed by atoms with E-state index in [9.17, 15) is 4.79 Å². The number of pyridine rings is 2. The maximum Gasteiger partial charge on any atom is 0.341 e. The second-order valence-corrected chi connectivity index (χ2v) is 4.47. The van der Waals surface area contributed by atoms with Crippen LogP contribution in [0.15, 0.2) is 30.6 Å². The van der Waals surface area contributed by atoms with Crippen molar-refractivity contribution >= 4 is 17.5 Å². The fourth-order valence-electron chi connectivity index (χ4n) is 2.01. The minimum Gasteiger partial charge on any atom is -0.465 e. The Morgan fingerprint density at radius 3 is 2.95 bits per heavy atom. The molecule has 3 N–H and O–H groups in total. The van der Waals surface area contributed by atoms with Gasteiger partial charge in [0, 0.05) is 6.20 Å². The second-order valence-electron chi connectivity index (χ2n) is 4.47. The van der Waals surface area contributed by atoms with Crippen LogP contribution in [-0.2, 0) is 17.7 Å². The van der Waals surface area contributed by atoms with Crippen LogP contribution in [0.2, 0.25) is 0 Å². The summed E-state index contributed by atoms with van der Waals surface area (Å²) in [5.41, 5.74) is 8.46. The quantitative estimate of drug-likeness (QED) is 0.817. The zero-order valence-electron chi connectivity index (χ0n) is 12.1. The first-order valence-corrected chi connectivity index (χ1v) is 6.66. The SMILES string of the molecule is CCc1cccnc1CNc1ncc(N)cc1C(=O)OC. The number of rotatable bonds is 5. The summed E-state index contributed by atoms with van der Waals surface area (Å²) in [5.74, 6) is -0.0437. The van der Waals surface area contributed by atoms with Gasteiger partial charge in [-0.3, -0.25) is 4.98 Å². The van der Waals surface area contributed by atoms with E-state index in [4.69, 9.17) is 10.5 Å². The third-order valence-corrected chi connectivity index (χ3v) is 3.10. The largest absolute Gasteiger partial charge is 0.465 e. The number of hydrogen-bond donors (Lipinski definition) is 2. The van der Waals surface area contributed by atoms with Gasteiger partial charge in [0.25, 0.3) is 0 Å². The Bertz CT molecular complexity index is 643. The maximum absolute atomic E-state index is 11.7. The molecule has 0 bridgehead atoms. The Balaban J connectivity index is 2.22. The van der Waals surface area contributed by atoms with E-state index in [0.717, 1.165) is 17.7 Å². The lowest BCUT2D eigenvalue weighted by molar-refractivity contribution is 0.0601.